The monoisotopic (exact) mass is 269 g/mol. The van der Waals surface area contributed by atoms with Crippen LogP contribution in [-0.4, -0.2) is 59.6 Å². The van der Waals surface area contributed by atoms with E-state index >= 15 is 0 Å². The fourth-order valence-corrected chi connectivity index (χ4v) is 2.09. The molecule has 0 spiro atoms. The van der Waals surface area contributed by atoms with E-state index in [1.807, 2.05) is 32.8 Å². The van der Waals surface area contributed by atoms with Crippen LogP contribution in [0.3, 0.4) is 0 Å². The van der Waals surface area contributed by atoms with Crippen molar-refractivity contribution in [1.82, 2.24) is 15.3 Å². The van der Waals surface area contributed by atoms with Gasteiger partial charge < -0.3 is 29.1 Å². The van der Waals surface area contributed by atoms with Crippen LogP contribution in [-0.2, 0) is 13.8 Å². The summed E-state index contributed by atoms with van der Waals surface area (Å²) in [4.78, 5) is 1.98. The molecule has 19 heavy (non-hydrogen) atoms. The molecule has 1 rings (SSSR count). The van der Waals surface area contributed by atoms with Gasteiger partial charge >= 0.3 is 21.6 Å². The van der Waals surface area contributed by atoms with Crippen LogP contribution in [0.1, 0.15) is 27.7 Å². The Balaban J connectivity index is 2.76. The second-order valence-electron chi connectivity index (χ2n) is 6.06. The van der Waals surface area contributed by atoms with Gasteiger partial charge in [-0.05, 0) is 47.5 Å². The van der Waals surface area contributed by atoms with Crippen molar-refractivity contribution in [3.05, 3.63) is 0 Å². The van der Waals surface area contributed by atoms with Crippen molar-refractivity contribution in [1.29, 1.82) is 0 Å². The van der Waals surface area contributed by atoms with Crippen LogP contribution in [0.25, 0.3) is 0 Å². The second kappa shape index (κ2) is 7.10. The minimum Gasteiger partial charge on any atom is -0.446 e. The molecule has 1 aliphatic rings. The molecule has 0 aromatic carbocycles. The largest absolute Gasteiger partial charge is 0.541 e. The van der Waals surface area contributed by atoms with Crippen molar-refractivity contribution in [2.75, 3.05) is 27.7 Å². The molecule has 108 valence electrons. The molecule has 0 atom stereocenters. The molecule has 1 aliphatic heterocycles. The highest BCUT2D eigenvalue weighted by molar-refractivity contribution is 6.68. The van der Waals surface area contributed by atoms with Gasteiger partial charge in [-0.15, -0.1) is 0 Å². The van der Waals surface area contributed by atoms with Crippen molar-refractivity contribution in [3.8, 4) is 0 Å². The van der Waals surface area contributed by atoms with E-state index in [1.165, 1.54) is 0 Å². The molecule has 1 saturated heterocycles. The molecule has 0 aliphatic carbocycles. The zero-order valence-corrected chi connectivity index (χ0v) is 13.2. The van der Waals surface area contributed by atoms with Gasteiger partial charge in [-0.2, -0.15) is 0 Å². The summed E-state index contributed by atoms with van der Waals surface area (Å²) >= 11 is 0. The van der Waals surface area contributed by atoms with Gasteiger partial charge in [0.25, 0.3) is 0 Å². The van der Waals surface area contributed by atoms with Gasteiger partial charge in [0.2, 0.25) is 0 Å². The van der Waals surface area contributed by atoms with Crippen molar-refractivity contribution in [3.63, 3.8) is 0 Å². The average molecular weight is 269 g/mol. The van der Waals surface area contributed by atoms with E-state index in [-0.39, 0.29) is 7.05 Å². The quantitative estimate of drug-likeness (QED) is 0.677. The van der Waals surface area contributed by atoms with E-state index in [0.717, 1.165) is 6.54 Å². The topological polar surface area (TPSA) is 55.0 Å². The van der Waals surface area contributed by atoms with Gasteiger partial charge in [-0.3, -0.25) is 0 Å². The van der Waals surface area contributed by atoms with Gasteiger partial charge in [0.15, 0.2) is 0 Å². The highest BCUT2D eigenvalue weighted by Crippen LogP contribution is 2.21. The molecule has 0 unspecified atom stereocenters. The highest BCUT2D eigenvalue weighted by atomic mass is 16.7. The third-order valence-electron chi connectivity index (χ3n) is 2.90. The summed E-state index contributed by atoms with van der Waals surface area (Å²) in [5.41, 5.74) is -0.482. The van der Waals surface area contributed by atoms with Crippen LogP contribution in [0.15, 0.2) is 0 Å². The Kier molecular flexibility index (Phi) is 6.36. The van der Waals surface area contributed by atoms with Gasteiger partial charge in [0, 0.05) is 0 Å². The van der Waals surface area contributed by atoms with Crippen molar-refractivity contribution < 1.29 is 13.8 Å². The van der Waals surface area contributed by atoms with Crippen LogP contribution in [0.5, 0.6) is 0 Å². The molecule has 0 saturated carbocycles. The lowest BCUT2D eigenvalue weighted by Crippen LogP contribution is -2.57. The Hall–Kier alpha value is -0.0452. The third-order valence-corrected chi connectivity index (χ3v) is 2.90. The molecule has 0 aromatic heterocycles. The van der Waals surface area contributed by atoms with E-state index in [4.69, 9.17) is 13.8 Å². The Labute approximate surface area is 118 Å². The number of hydrogen-bond donors (Lipinski definition) is 2. The standard InChI is InChI=1S/C10H26B3N3O3/c1-9(2)8-15-13-17-10(3,4)11(16(6)7)18-12(14-5)19-13/h9,14-15H,8H2,1-7H3. The lowest BCUT2D eigenvalue weighted by Gasteiger charge is -2.33. The summed E-state index contributed by atoms with van der Waals surface area (Å²) in [6.07, 6.45) is 0. The molecular weight excluding hydrogens is 243 g/mol. The fraction of sp³-hybridized carbons (Fsp3) is 1.00. The highest BCUT2D eigenvalue weighted by Gasteiger charge is 2.49. The van der Waals surface area contributed by atoms with Crippen molar-refractivity contribution >= 4 is 21.6 Å². The average Bonchev–Trinajstić information content (AvgIpc) is 2.42. The maximum atomic E-state index is 6.02. The maximum Gasteiger partial charge on any atom is 0.541 e. The molecule has 6 nitrogen and oxygen atoms in total. The predicted octanol–water partition coefficient (Wildman–Crippen LogP) is -0.148. The summed E-state index contributed by atoms with van der Waals surface area (Å²) in [5.74, 6) is 0.525. The smallest absolute Gasteiger partial charge is 0.446 e. The van der Waals surface area contributed by atoms with Crippen LogP contribution < -0.4 is 10.5 Å². The molecule has 1 fully saturated rings. The molecule has 0 bridgehead atoms. The Morgan fingerprint density at radius 2 is 1.79 bits per heavy atom. The van der Waals surface area contributed by atoms with Gasteiger partial charge in [0.05, 0.1) is 5.50 Å². The van der Waals surface area contributed by atoms with Crippen LogP contribution in [0.2, 0.25) is 0 Å². The van der Waals surface area contributed by atoms with Gasteiger partial charge in [0.1, 0.15) is 0 Å². The molecule has 2 N–H and O–H groups in total. The van der Waals surface area contributed by atoms with E-state index in [1.54, 1.807) is 7.05 Å². The zero-order valence-electron chi connectivity index (χ0n) is 13.2. The van der Waals surface area contributed by atoms with E-state index < -0.39 is 20.0 Å². The first-order chi connectivity index (χ1) is 8.76. The van der Waals surface area contributed by atoms with Crippen LogP contribution in [0, 0.1) is 5.92 Å². The fourth-order valence-electron chi connectivity index (χ4n) is 2.09. The van der Waals surface area contributed by atoms with E-state index in [9.17, 15) is 0 Å². The van der Waals surface area contributed by atoms with Crippen LogP contribution in [0.4, 0.5) is 0 Å². The first-order valence-electron chi connectivity index (χ1n) is 6.82. The lowest BCUT2D eigenvalue weighted by atomic mass is 9.62. The predicted molar refractivity (Wildman–Crippen MR) is 80.2 cm³/mol. The first kappa shape index (κ1) is 17.0. The van der Waals surface area contributed by atoms with Gasteiger partial charge in [-0.25, -0.2) is 0 Å². The molecule has 9 heteroatoms. The number of nitrogens with one attached hydrogen (secondary N) is 2. The maximum absolute atomic E-state index is 6.02. The lowest BCUT2D eigenvalue weighted by molar-refractivity contribution is 0.141. The summed E-state index contributed by atoms with van der Waals surface area (Å²) < 4.78 is 17.7. The SMILES string of the molecule is CNB1OB(NCC(C)C)OC(C)(C)B(N(C)C)O1. The summed E-state index contributed by atoms with van der Waals surface area (Å²) in [5, 5.41) is 6.25. The van der Waals surface area contributed by atoms with E-state index in [2.05, 4.69) is 24.3 Å². The summed E-state index contributed by atoms with van der Waals surface area (Å²) in [6.45, 7) is 9.11. The third kappa shape index (κ3) is 5.09. The van der Waals surface area contributed by atoms with Crippen molar-refractivity contribution in [2.24, 2.45) is 5.92 Å². The number of nitrogens with zero attached hydrogens (tertiary/aromatic N) is 1. The molecule has 0 amide bonds. The number of rotatable bonds is 5. The first-order valence-corrected chi connectivity index (χ1v) is 6.82. The molecule has 0 aromatic rings. The normalized spacial score (nSPS) is 20.4. The second-order valence-corrected chi connectivity index (χ2v) is 6.06. The Morgan fingerprint density at radius 3 is 2.26 bits per heavy atom. The zero-order chi connectivity index (χ0) is 14.6. The number of hydrogen-bond acceptors (Lipinski definition) is 6. The Morgan fingerprint density at radius 1 is 1.16 bits per heavy atom. The minimum atomic E-state index is -0.501. The van der Waals surface area contributed by atoms with Crippen LogP contribution >= 0.6 is 0 Å². The Bertz CT molecular complexity index is 282. The summed E-state index contributed by atoms with van der Waals surface area (Å²) in [6, 6.07) is 0. The van der Waals surface area contributed by atoms with E-state index in [0.29, 0.717) is 5.92 Å². The minimum absolute atomic E-state index is 0.198. The van der Waals surface area contributed by atoms with Gasteiger partial charge in [-0.1, -0.05) is 13.8 Å². The molecule has 1 heterocycles. The molecule has 0 radical (unpaired) electrons. The molecular formula is C10H26B3N3O3. The van der Waals surface area contributed by atoms with Crippen molar-refractivity contribution in [2.45, 2.75) is 33.2 Å². The summed E-state index contributed by atoms with van der Waals surface area (Å²) in [7, 11) is 4.54.